The van der Waals surface area contributed by atoms with Crippen molar-refractivity contribution in [3.05, 3.63) is 46.4 Å². The molecule has 0 saturated carbocycles. The first-order valence-corrected chi connectivity index (χ1v) is 11.3. The summed E-state index contributed by atoms with van der Waals surface area (Å²) in [4.78, 5) is 29.9. The van der Waals surface area contributed by atoms with E-state index in [1.165, 1.54) is 12.3 Å². The number of furan rings is 1. The van der Waals surface area contributed by atoms with Crippen molar-refractivity contribution in [2.24, 2.45) is 0 Å². The zero-order chi connectivity index (χ0) is 19.7. The van der Waals surface area contributed by atoms with E-state index in [2.05, 4.69) is 15.2 Å². The van der Waals surface area contributed by atoms with Gasteiger partial charge in [0.05, 0.1) is 29.5 Å². The van der Waals surface area contributed by atoms with E-state index in [9.17, 15) is 18.0 Å². The van der Waals surface area contributed by atoms with Crippen LogP contribution in [0.25, 0.3) is 11.5 Å². The third-order valence-electron chi connectivity index (χ3n) is 5.44. The molecule has 150 valence electrons. The molecule has 2 saturated heterocycles. The molecule has 2 aromatic rings. The van der Waals surface area contributed by atoms with Crippen LogP contribution in [0.1, 0.15) is 29.6 Å². The summed E-state index contributed by atoms with van der Waals surface area (Å²) in [6.45, 7) is 1.68. The van der Waals surface area contributed by atoms with Crippen LogP contribution in [0, 0.1) is 0 Å². The molecule has 2 aromatic heterocycles. The number of piperidine rings is 1. The quantitative estimate of drug-likeness (QED) is 0.785. The van der Waals surface area contributed by atoms with Crippen molar-refractivity contribution in [1.82, 2.24) is 15.2 Å². The molecule has 0 radical (unpaired) electrons. The average Bonchev–Trinajstić information content (AvgIpc) is 3.30. The van der Waals surface area contributed by atoms with E-state index in [1.807, 2.05) is 0 Å². The number of sulfone groups is 1. The summed E-state index contributed by atoms with van der Waals surface area (Å²) >= 11 is 0. The highest BCUT2D eigenvalue weighted by Gasteiger charge is 2.42. The van der Waals surface area contributed by atoms with Gasteiger partial charge < -0.3 is 14.7 Å². The van der Waals surface area contributed by atoms with Gasteiger partial charge in [0.1, 0.15) is 11.3 Å². The molecule has 8 nitrogen and oxygen atoms in total. The Kier molecular flexibility index (Phi) is 5.11. The molecular formula is C19H23N3O5S. The smallest absolute Gasteiger partial charge is 0.261 e. The molecule has 28 heavy (non-hydrogen) atoms. The van der Waals surface area contributed by atoms with Crippen molar-refractivity contribution in [1.29, 1.82) is 0 Å². The number of hydrogen-bond acceptors (Lipinski definition) is 6. The SMILES string of the molecule is O=C(NC1CS(=O)(=O)CC1N1CCCCC1)c1ccc(-c2ccco2)[nH]c1=O. The summed E-state index contributed by atoms with van der Waals surface area (Å²) in [7, 11) is -3.22. The summed E-state index contributed by atoms with van der Waals surface area (Å²) in [5, 5.41) is 2.79. The van der Waals surface area contributed by atoms with Crippen LogP contribution in [-0.2, 0) is 9.84 Å². The number of nitrogens with zero attached hydrogens (tertiary/aromatic N) is 1. The molecule has 2 unspecified atom stereocenters. The first kappa shape index (κ1) is 18.9. The fraction of sp³-hybridized carbons (Fsp3) is 0.474. The molecule has 0 spiro atoms. The Hall–Kier alpha value is -2.39. The molecule has 2 atom stereocenters. The fourth-order valence-corrected chi connectivity index (χ4v) is 6.00. The predicted octanol–water partition coefficient (Wildman–Crippen LogP) is 1.02. The van der Waals surface area contributed by atoms with Gasteiger partial charge in [0.25, 0.3) is 11.5 Å². The summed E-state index contributed by atoms with van der Waals surface area (Å²) in [5.74, 6) is -0.110. The van der Waals surface area contributed by atoms with Crippen LogP contribution in [0.15, 0.2) is 39.7 Å². The summed E-state index contributed by atoms with van der Waals surface area (Å²) in [6.07, 6.45) is 4.70. The highest BCUT2D eigenvalue weighted by atomic mass is 32.2. The molecular weight excluding hydrogens is 382 g/mol. The van der Waals surface area contributed by atoms with Gasteiger partial charge in [-0.15, -0.1) is 0 Å². The fourth-order valence-electron chi connectivity index (χ4n) is 4.05. The van der Waals surface area contributed by atoms with Crippen molar-refractivity contribution >= 4 is 15.7 Å². The number of aromatic amines is 1. The van der Waals surface area contributed by atoms with Crippen molar-refractivity contribution < 1.29 is 17.6 Å². The lowest BCUT2D eigenvalue weighted by Gasteiger charge is -2.34. The van der Waals surface area contributed by atoms with Gasteiger partial charge in [-0.3, -0.25) is 14.5 Å². The lowest BCUT2D eigenvalue weighted by atomic mass is 10.0. The number of nitrogens with one attached hydrogen (secondary N) is 2. The van der Waals surface area contributed by atoms with Gasteiger partial charge in [-0.05, 0) is 50.2 Å². The third-order valence-corrected chi connectivity index (χ3v) is 7.16. The monoisotopic (exact) mass is 405 g/mol. The summed E-state index contributed by atoms with van der Waals surface area (Å²) in [6, 6.07) is 5.69. The Morgan fingerprint density at radius 3 is 2.61 bits per heavy atom. The van der Waals surface area contributed by atoms with Gasteiger partial charge in [0.15, 0.2) is 9.84 Å². The first-order chi connectivity index (χ1) is 13.4. The molecule has 2 fully saturated rings. The van der Waals surface area contributed by atoms with E-state index >= 15 is 0 Å². The topological polar surface area (TPSA) is 112 Å². The van der Waals surface area contributed by atoms with Gasteiger partial charge in [0.2, 0.25) is 0 Å². The van der Waals surface area contributed by atoms with E-state index in [0.717, 1.165) is 32.4 Å². The van der Waals surface area contributed by atoms with Gasteiger partial charge in [-0.25, -0.2) is 8.42 Å². The molecule has 0 aromatic carbocycles. The molecule has 4 rings (SSSR count). The average molecular weight is 405 g/mol. The lowest BCUT2D eigenvalue weighted by molar-refractivity contribution is 0.0898. The van der Waals surface area contributed by atoms with E-state index in [-0.39, 0.29) is 23.1 Å². The van der Waals surface area contributed by atoms with Crippen molar-refractivity contribution in [3.8, 4) is 11.5 Å². The number of likely N-dealkylation sites (tertiary alicyclic amines) is 1. The number of H-pyrrole nitrogens is 1. The van der Waals surface area contributed by atoms with E-state index < -0.39 is 27.3 Å². The standard InChI is InChI=1S/C19H23N3O5S/c23-18-13(6-7-14(20-18)17-5-4-10-27-17)19(24)21-15-11-28(25,26)12-16(15)22-8-2-1-3-9-22/h4-7,10,15-16H,1-3,8-9,11-12H2,(H,20,23)(H,21,24). The summed E-state index contributed by atoms with van der Waals surface area (Å²) in [5.41, 5.74) is -0.111. The Labute approximate surface area is 162 Å². The minimum Gasteiger partial charge on any atom is -0.463 e. The molecule has 2 N–H and O–H groups in total. The minimum absolute atomic E-state index is 0.0444. The Bertz CT molecular complexity index is 1010. The highest BCUT2D eigenvalue weighted by Crippen LogP contribution is 2.23. The molecule has 1 amide bonds. The normalized spacial score (nSPS) is 24.9. The number of pyridine rings is 1. The van der Waals surface area contributed by atoms with Crippen LogP contribution in [0.3, 0.4) is 0 Å². The van der Waals surface area contributed by atoms with E-state index in [0.29, 0.717) is 11.5 Å². The molecule has 2 aliphatic rings. The first-order valence-electron chi connectivity index (χ1n) is 9.45. The van der Waals surface area contributed by atoms with Gasteiger partial charge in [-0.2, -0.15) is 0 Å². The second kappa shape index (κ2) is 7.56. The van der Waals surface area contributed by atoms with Crippen LogP contribution in [0.4, 0.5) is 0 Å². The van der Waals surface area contributed by atoms with Crippen LogP contribution >= 0.6 is 0 Å². The van der Waals surface area contributed by atoms with Crippen molar-refractivity contribution in [2.45, 2.75) is 31.3 Å². The number of carbonyl (C=O) groups excluding carboxylic acids is 1. The highest BCUT2D eigenvalue weighted by molar-refractivity contribution is 7.91. The van der Waals surface area contributed by atoms with E-state index in [4.69, 9.17) is 4.42 Å². The van der Waals surface area contributed by atoms with Crippen molar-refractivity contribution in [2.75, 3.05) is 24.6 Å². The van der Waals surface area contributed by atoms with Crippen LogP contribution in [0.2, 0.25) is 0 Å². The van der Waals surface area contributed by atoms with Crippen LogP contribution < -0.4 is 10.9 Å². The number of rotatable bonds is 4. The molecule has 9 heteroatoms. The maximum atomic E-state index is 12.7. The third kappa shape index (κ3) is 3.90. The number of hydrogen-bond donors (Lipinski definition) is 2. The molecule has 0 aliphatic carbocycles. The largest absolute Gasteiger partial charge is 0.463 e. The molecule has 4 heterocycles. The molecule has 0 bridgehead atoms. The summed E-state index contributed by atoms with van der Waals surface area (Å²) < 4.78 is 29.6. The van der Waals surface area contributed by atoms with Gasteiger partial charge >= 0.3 is 0 Å². The number of aromatic nitrogens is 1. The Morgan fingerprint density at radius 1 is 1.14 bits per heavy atom. The van der Waals surface area contributed by atoms with E-state index in [1.54, 1.807) is 18.2 Å². The number of amides is 1. The van der Waals surface area contributed by atoms with Crippen LogP contribution in [-0.4, -0.2) is 60.9 Å². The Morgan fingerprint density at radius 2 is 1.93 bits per heavy atom. The van der Waals surface area contributed by atoms with Crippen molar-refractivity contribution in [3.63, 3.8) is 0 Å². The van der Waals surface area contributed by atoms with Gasteiger partial charge in [0, 0.05) is 6.04 Å². The molecule has 2 aliphatic heterocycles. The minimum atomic E-state index is -3.22. The zero-order valence-corrected chi connectivity index (χ0v) is 16.2. The van der Waals surface area contributed by atoms with Gasteiger partial charge in [-0.1, -0.05) is 6.42 Å². The number of carbonyl (C=O) groups is 1. The second-order valence-corrected chi connectivity index (χ2v) is 9.57. The predicted molar refractivity (Wildman–Crippen MR) is 104 cm³/mol. The zero-order valence-electron chi connectivity index (χ0n) is 15.4. The lowest BCUT2D eigenvalue weighted by Crippen LogP contribution is -2.52. The van der Waals surface area contributed by atoms with Crippen LogP contribution in [0.5, 0.6) is 0 Å². The second-order valence-electron chi connectivity index (χ2n) is 7.41. The maximum Gasteiger partial charge on any atom is 0.261 e. The maximum absolute atomic E-state index is 12.7. The Balaban J connectivity index is 1.52.